The van der Waals surface area contributed by atoms with Crippen LogP contribution in [0.1, 0.15) is 34.6 Å². The third-order valence-electron chi connectivity index (χ3n) is 1.90. The molecule has 0 aliphatic heterocycles. The highest BCUT2D eigenvalue weighted by molar-refractivity contribution is 9.10. The van der Waals surface area contributed by atoms with Crippen LogP contribution in [0.3, 0.4) is 0 Å². The monoisotopic (exact) mass is 235 g/mol. The summed E-state index contributed by atoms with van der Waals surface area (Å²) in [6.07, 6.45) is 0. The number of hydrogen-bond donors (Lipinski definition) is 1. The van der Waals surface area contributed by atoms with Crippen LogP contribution in [0.2, 0.25) is 0 Å². The Labute approximate surface area is 83.2 Å². The van der Waals surface area contributed by atoms with Gasteiger partial charge in [0.1, 0.15) is 0 Å². The number of carbonyl (C=O) groups excluding carboxylic acids is 1. The first-order valence-corrected chi connectivity index (χ1v) is 5.04. The van der Waals surface area contributed by atoms with Crippen LogP contribution in [0.25, 0.3) is 0 Å². The van der Waals surface area contributed by atoms with E-state index < -0.39 is 4.32 Å². The summed E-state index contributed by atoms with van der Waals surface area (Å²) in [4.78, 5) is 11.4. The molecule has 0 aromatic carbocycles. The lowest BCUT2D eigenvalue weighted by Gasteiger charge is -2.22. The summed E-state index contributed by atoms with van der Waals surface area (Å²) >= 11 is 3.31. The van der Waals surface area contributed by atoms with Gasteiger partial charge < -0.3 is 5.32 Å². The van der Waals surface area contributed by atoms with Crippen molar-refractivity contribution in [3.63, 3.8) is 0 Å². The molecule has 0 aromatic rings. The van der Waals surface area contributed by atoms with Gasteiger partial charge in [-0.3, -0.25) is 4.79 Å². The van der Waals surface area contributed by atoms with Crippen LogP contribution in [-0.2, 0) is 4.79 Å². The van der Waals surface area contributed by atoms with Crippen molar-refractivity contribution in [1.29, 1.82) is 0 Å². The van der Waals surface area contributed by atoms with Crippen LogP contribution in [0.15, 0.2) is 0 Å². The molecule has 2 nitrogen and oxygen atoms in total. The standard InChI is InChI=1S/C9H18BrNO/c1-6(2)7(3)11-8(12)9(4,5)10/h6-7H,1-5H3,(H,11,12). The Hall–Kier alpha value is -0.0500. The Kier molecular flexibility index (Phi) is 4.24. The summed E-state index contributed by atoms with van der Waals surface area (Å²) in [5, 5.41) is 2.93. The van der Waals surface area contributed by atoms with Crippen molar-refractivity contribution >= 4 is 21.8 Å². The molecule has 1 unspecified atom stereocenters. The minimum atomic E-state index is -0.462. The van der Waals surface area contributed by atoms with Gasteiger partial charge in [-0.2, -0.15) is 0 Å². The fourth-order valence-electron chi connectivity index (χ4n) is 0.545. The largest absolute Gasteiger partial charge is 0.352 e. The van der Waals surface area contributed by atoms with Gasteiger partial charge in [-0.1, -0.05) is 29.8 Å². The molecule has 3 heteroatoms. The zero-order valence-corrected chi connectivity index (χ0v) is 10.0. The molecule has 72 valence electrons. The second-order valence-corrected chi connectivity index (χ2v) is 5.96. The molecule has 0 radical (unpaired) electrons. The van der Waals surface area contributed by atoms with Gasteiger partial charge in [0.15, 0.2) is 0 Å². The lowest BCUT2D eigenvalue weighted by Crippen LogP contribution is -2.44. The summed E-state index contributed by atoms with van der Waals surface area (Å²) in [6, 6.07) is 0.231. The van der Waals surface area contributed by atoms with E-state index >= 15 is 0 Å². The van der Waals surface area contributed by atoms with Crippen molar-refractivity contribution in [1.82, 2.24) is 5.32 Å². The Bertz CT molecular complexity index is 160. The van der Waals surface area contributed by atoms with E-state index in [-0.39, 0.29) is 11.9 Å². The number of carbonyl (C=O) groups is 1. The lowest BCUT2D eigenvalue weighted by molar-refractivity contribution is -0.123. The van der Waals surface area contributed by atoms with Crippen LogP contribution in [0.5, 0.6) is 0 Å². The van der Waals surface area contributed by atoms with Gasteiger partial charge in [0.05, 0.1) is 4.32 Å². The number of alkyl halides is 1. The smallest absolute Gasteiger partial charge is 0.236 e. The minimum absolute atomic E-state index is 0.0451. The molecule has 0 rings (SSSR count). The van der Waals surface area contributed by atoms with E-state index in [1.54, 1.807) is 0 Å². The molecule has 1 atom stereocenters. The molecular formula is C9H18BrNO. The molecule has 0 aromatic heterocycles. The predicted molar refractivity (Wildman–Crippen MR) is 55.4 cm³/mol. The van der Waals surface area contributed by atoms with E-state index in [1.165, 1.54) is 0 Å². The molecule has 1 amide bonds. The van der Waals surface area contributed by atoms with Crippen molar-refractivity contribution in [3.8, 4) is 0 Å². The molecule has 12 heavy (non-hydrogen) atoms. The van der Waals surface area contributed by atoms with Crippen molar-refractivity contribution in [3.05, 3.63) is 0 Å². The van der Waals surface area contributed by atoms with Crippen molar-refractivity contribution in [2.45, 2.75) is 45.0 Å². The maximum atomic E-state index is 11.4. The summed E-state index contributed by atoms with van der Waals surface area (Å²) in [6.45, 7) is 9.88. The number of hydrogen-bond acceptors (Lipinski definition) is 1. The van der Waals surface area contributed by atoms with E-state index in [4.69, 9.17) is 0 Å². The van der Waals surface area contributed by atoms with E-state index in [9.17, 15) is 4.79 Å². The number of nitrogens with one attached hydrogen (secondary N) is 1. The highest BCUT2D eigenvalue weighted by Crippen LogP contribution is 2.16. The van der Waals surface area contributed by atoms with E-state index in [0.717, 1.165) is 0 Å². The molecule has 0 saturated heterocycles. The highest BCUT2D eigenvalue weighted by atomic mass is 79.9. The van der Waals surface area contributed by atoms with Gasteiger partial charge >= 0.3 is 0 Å². The molecule has 0 bridgehead atoms. The molecule has 1 N–H and O–H groups in total. The minimum Gasteiger partial charge on any atom is -0.352 e. The van der Waals surface area contributed by atoms with Crippen LogP contribution in [0, 0.1) is 5.92 Å². The van der Waals surface area contributed by atoms with Gasteiger partial charge in [0, 0.05) is 6.04 Å². The summed E-state index contributed by atoms with van der Waals surface area (Å²) in [5.41, 5.74) is 0. The average Bonchev–Trinajstić information content (AvgIpc) is 1.85. The van der Waals surface area contributed by atoms with Crippen molar-refractivity contribution in [2.75, 3.05) is 0 Å². The fourth-order valence-corrected chi connectivity index (χ4v) is 0.660. The zero-order chi connectivity index (χ0) is 9.94. The van der Waals surface area contributed by atoms with E-state index in [0.29, 0.717) is 5.92 Å². The summed E-state index contributed by atoms with van der Waals surface area (Å²) in [5.74, 6) is 0.521. The third kappa shape index (κ3) is 4.10. The Morgan fingerprint density at radius 3 is 2.00 bits per heavy atom. The van der Waals surface area contributed by atoms with Crippen LogP contribution < -0.4 is 5.32 Å². The highest BCUT2D eigenvalue weighted by Gasteiger charge is 2.25. The number of amides is 1. The van der Waals surface area contributed by atoms with Gasteiger partial charge in [0.25, 0.3) is 0 Å². The molecule has 0 heterocycles. The second-order valence-electron chi connectivity index (χ2n) is 3.98. The zero-order valence-electron chi connectivity index (χ0n) is 8.44. The third-order valence-corrected chi connectivity index (χ3v) is 2.26. The molecular weight excluding hydrogens is 218 g/mol. The van der Waals surface area contributed by atoms with Crippen molar-refractivity contribution in [2.24, 2.45) is 5.92 Å². The number of halogens is 1. The first kappa shape index (κ1) is 11.9. The maximum absolute atomic E-state index is 11.4. The van der Waals surface area contributed by atoms with Crippen LogP contribution in [-0.4, -0.2) is 16.3 Å². The molecule has 0 aliphatic rings. The molecule has 0 spiro atoms. The van der Waals surface area contributed by atoms with Crippen LogP contribution >= 0.6 is 15.9 Å². The topological polar surface area (TPSA) is 29.1 Å². The SMILES string of the molecule is CC(C)C(C)NC(=O)C(C)(C)Br. The Morgan fingerprint density at radius 1 is 1.33 bits per heavy atom. The second kappa shape index (κ2) is 4.26. The summed E-state index contributed by atoms with van der Waals surface area (Å²) in [7, 11) is 0. The Balaban J connectivity index is 4.02. The maximum Gasteiger partial charge on any atom is 0.236 e. The van der Waals surface area contributed by atoms with E-state index in [2.05, 4.69) is 35.1 Å². The lowest BCUT2D eigenvalue weighted by atomic mass is 10.1. The van der Waals surface area contributed by atoms with Gasteiger partial charge in [-0.15, -0.1) is 0 Å². The average molecular weight is 236 g/mol. The van der Waals surface area contributed by atoms with E-state index in [1.807, 2.05) is 20.8 Å². The molecule has 0 aliphatic carbocycles. The number of rotatable bonds is 3. The summed E-state index contributed by atoms with van der Waals surface area (Å²) < 4.78 is -0.462. The Morgan fingerprint density at radius 2 is 1.75 bits per heavy atom. The molecule has 0 fully saturated rings. The quantitative estimate of drug-likeness (QED) is 0.748. The molecule has 0 saturated carbocycles. The first-order chi connectivity index (χ1) is 5.25. The van der Waals surface area contributed by atoms with Gasteiger partial charge in [-0.25, -0.2) is 0 Å². The van der Waals surface area contributed by atoms with Crippen molar-refractivity contribution < 1.29 is 4.79 Å². The van der Waals surface area contributed by atoms with Crippen LogP contribution in [0.4, 0.5) is 0 Å². The normalized spacial score (nSPS) is 14.6. The predicted octanol–water partition coefficient (Wildman–Crippen LogP) is 2.32. The van der Waals surface area contributed by atoms with Gasteiger partial charge in [-0.05, 0) is 26.7 Å². The van der Waals surface area contributed by atoms with Gasteiger partial charge in [0.2, 0.25) is 5.91 Å². The fraction of sp³-hybridized carbons (Fsp3) is 0.889. The first-order valence-electron chi connectivity index (χ1n) is 4.25.